The molecule has 2 aliphatic carbocycles. The Morgan fingerprint density at radius 2 is 1.86 bits per heavy atom. The molecule has 1 aromatic rings. The quantitative estimate of drug-likeness (QED) is 0.381. The van der Waals surface area contributed by atoms with E-state index in [0.29, 0.717) is 5.75 Å². The van der Waals surface area contributed by atoms with Gasteiger partial charge in [0.1, 0.15) is 5.60 Å². The molecular formula is C25H34O4. The van der Waals surface area contributed by atoms with E-state index >= 15 is 0 Å². The van der Waals surface area contributed by atoms with Crippen molar-refractivity contribution in [1.29, 1.82) is 0 Å². The summed E-state index contributed by atoms with van der Waals surface area (Å²) < 4.78 is 11.0. The van der Waals surface area contributed by atoms with Gasteiger partial charge in [0, 0.05) is 12.5 Å². The van der Waals surface area contributed by atoms with Crippen LogP contribution in [0.1, 0.15) is 71.8 Å². The number of rotatable bonds is 4. The highest BCUT2D eigenvalue weighted by Crippen LogP contribution is 2.55. The fourth-order valence-corrected chi connectivity index (χ4v) is 5.08. The molecule has 1 aromatic carbocycles. The molecule has 0 spiro atoms. The summed E-state index contributed by atoms with van der Waals surface area (Å²) in [6, 6.07) is 4.96. The number of benzene rings is 1. The average Bonchev–Trinajstić information content (AvgIpc) is 2.78. The molecule has 0 saturated heterocycles. The summed E-state index contributed by atoms with van der Waals surface area (Å²) in [5.74, 6) is 0.109. The van der Waals surface area contributed by atoms with Gasteiger partial charge in [-0.1, -0.05) is 44.9 Å². The summed E-state index contributed by atoms with van der Waals surface area (Å²) in [7, 11) is 1.50. The van der Waals surface area contributed by atoms with Gasteiger partial charge in [0.2, 0.25) is 0 Å². The summed E-state index contributed by atoms with van der Waals surface area (Å²) in [4.78, 5) is 12.5. The number of aromatic hydroxyl groups is 1. The van der Waals surface area contributed by atoms with Crippen LogP contribution in [-0.2, 0) is 9.53 Å². The fourth-order valence-electron chi connectivity index (χ4n) is 5.08. The van der Waals surface area contributed by atoms with Crippen LogP contribution in [0.4, 0.5) is 0 Å². The van der Waals surface area contributed by atoms with Crippen LogP contribution in [0.3, 0.4) is 0 Å². The maximum atomic E-state index is 12.5. The molecule has 1 saturated carbocycles. The van der Waals surface area contributed by atoms with E-state index in [1.165, 1.54) is 32.4 Å². The molecule has 2 aliphatic rings. The van der Waals surface area contributed by atoms with Gasteiger partial charge >= 0.3 is 5.97 Å². The van der Waals surface area contributed by atoms with Gasteiger partial charge in [-0.3, -0.25) is 0 Å². The minimum atomic E-state index is -0.489. The monoisotopic (exact) mass is 398 g/mol. The van der Waals surface area contributed by atoms with Crippen LogP contribution in [0.5, 0.6) is 11.5 Å². The molecule has 1 fully saturated rings. The van der Waals surface area contributed by atoms with Crippen LogP contribution in [0.2, 0.25) is 0 Å². The number of ether oxygens (including phenoxy) is 2. The standard InChI is InChI=1S/C25H34O4/c1-23(2)12-6-13-24(3)15-16-25(4,14-11-21(23)24)29-22(27)10-8-18-7-9-19(26)20(17-18)28-5/h7-11,17,26H,6,12-16H2,1-5H3/t24-,25+/m1/s1. The van der Waals surface area contributed by atoms with Crippen molar-refractivity contribution in [3.63, 3.8) is 0 Å². The second kappa shape index (κ2) is 7.89. The normalized spacial score (nSPS) is 28.9. The number of fused-ring (bicyclic) bond motifs is 1. The molecule has 0 aromatic heterocycles. The molecule has 4 heteroatoms. The van der Waals surface area contributed by atoms with Crippen molar-refractivity contribution < 1.29 is 19.4 Å². The molecule has 2 atom stereocenters. The molecule has 158 valence electrons. The molecular weight excluding hydrogens is 364 g/mol. The van der Waals surface area contributed by atoms with Crippen molar-refractivity contribution in [3.05, 3.63) is 41.5 Å². The van der Waals surface area contributed by atoms with Gasteiger partial charge < -0.3 is 14.6 Å². The minimum absolute atomic E-state index is 0.0733. The molecule has 0 amide bonds. The number of allylic oxidation sites excluding steroid dienone is 1. The number of hydrogen-bond donors (Lipinski definition) is 1. The number of carbonyl (C=O) groups excluding carboxylic acids is 1. The van der Waals surface area contributed by atoms with Gasteiger partial charge in [-0.25, -0.2) is 4.79 Å². The lowest BCUT2D eigenvalue weighted by Crippen LogP contribution is -2.34. The van der Waals surface area contributed by atoms with Crippen molar-refractivity contribution in [2.45, 2.75) is 71.8 Å². The Hall–Kier alpha value is -2.23. The number of esters is 1. The molecule has 4 nitrogen and oxygen atoms in total. The van der Waals surface area contributed by atoms with Gasteiger partial charge in [-0.2, -0.15) is 0 Å². The van der Waals surface area contributed by atoms with E-state index in [4.69, 9.17) is 9.47 Å². The topological polar surface area (TPSA) is 55.8 Å². The largest absolute Gasteiger partial charge is 0.504 e. The van der Waals surface area contributed by atoms with Gasteiger partial charge in [0.05, 0.1) is 7.11 Å². The maximum absolute atomic E-state index is 12.5. The summed E-state index contributed by atoms with van der Waals surface area (Å²) in [5, 5.41) is 9.69. The van der Waals surface area contributed by atoms with Crippen LogP contribution in [-0.4, -0.2) is 23.8 Å². The third-order valence-electron chi connectivity index (χ3n) is 6.82. The minimum Gasteiger partial charge on any atom is -0.504 e. The van der Waals surface area contributed by atoms with Crippen LogP contribution < -0.4 is 4.74 Å². The predicted octanol–water partition coefficient (Wildman–Crippen LogP) is 6.04. The Morgan fingerprint density at radius 3 is 2.59 bits per heavy atom. The number of phenolic OH excluding ortho intramolecular Hbond substituents is 1. The van der Waals surface area contributed by atoms with Gasteiger partial charge in [-0.15, -0.1) is 0 Å². The lowest BCUT2D eigenvalue weighted by atomic mass is 9.59. The molecule has 0 bridgehead atoms. The van der Waals surface area contributed by atoms with Crippen LogP contribution >= 0.6 is 0 Å². The third kappa shape index (κ3) is 4.68. The highest BCUT2D eigenvalue weighted by Gasteiger charge is 2.45. The fraction of sp³-hybridized carbons (Fsp3) is 0.560. The first-order valence-electron chi connectivity index (χ1n) is 10.6. The van der Waals surface area contributed by atoms with Crippen LogP contribution in [0.15, 0.2) is 35.9 Å². The second-order valence-electron chi connectivity index (χ2n) is 9.76. The Labute approximate surface area is 174 Å². The Balaban J connectivity index is 1.71. The second-order valence-corrected chi connectivity index (χ2v) is 9.76. The SMILES string of the molecule is COc1cc(C=CC(=O)O[C@@]2(C)CC=C3C(C)(C)CCC[C@]3(C)CC2)ccc1O. The van der Waals surface area contributed by atoms with Crippen molar-refractivity contribution >= 4 is 12.0 Å². The zero-order chi connectivity index (χ0) is 21.3. The summed E-state index contributed by atoms with van der Waals surface area (Å²) in [6.45, 7) is 9.12. The van der Waals surface area contributed by atoms with Crippen molar-refractivity contribution in [1.82, 2.24) is 0 Å². The van der Waals surface area contributed by atoms with E-state index in [-0.39, 0.29) is 22.5 Å². The van der Waals surface area contributed by atoms with Crippen molar-refractivity contribution in [2.75, 3.05) is 7.11 Å². The zero-order valence-corrected chi connectivity index (χ0v) is 18.4. The average molecular weight is 399 g/mol. The van der Waals surface area contributed by atoms with Gasteiger partial charge in [0.25, 0.3) is 0 Å². The smallest absolute Gasteiger partial charge is 0.331 e. The molecule has 3 rings (SSSR count). The van der Waals surface area contributed by atoms with E-state index in [2.05, 4.69) is 26.8 Å². The van der Waals surface area contributed by atoms with Gasteiger partial charge in [-0.05, 0) is 67.2 Å². The van der Waals surface area contributed by atoms with Crippen molar-refractivity contribution in [3.8, 4) is 11.5 Å². The Morgan fingerprint density at radius 1 is 1.10 bits per heavy atom. The first kappa shape index (κ1) is 21.5. The van der Waals surface area contributed by atoms with E-state index in [1.54, 1.807) is 29.8 Å². The number of carbonyl (C=O) groups is 1. The lowest BCUT2D eigenvalue weighted by Gasteiger charge is -2.46. The first-order valence-corrected chi connectivity index (χ1v) is 10.6. The van der Waals surface area contributed by atoms with Crippen LogP contribution in [0, 0.1) is 10.8 Å². The first-order chi connectivity index (χ1) is 13.6. The van der Waals surface area contributed by atoms with E-state index in [9.17, 15) is 9.90 Å². The third-order valence-corrected chi connectivity index (χ3v) is 6.82. The zero-order valence-electron chi connectivity index (χ0n) is 18.4. The summed E-state index contributed by atoms with van der Waals surface area (Å²) in [6.07, 6.45) is 11.9. The van der Waals surface area contributed by atoms with E-state index in [1.807, 2.05) is 6.92 Å². The van der Waals surface area contributed by atoms with E-state index in [0.717, 1.165) is 24.8 Å². The molecule has 0 radical (unpaired) electrons. The number of hydrogen-bond acceptors (Lipinski definition) is 4. The number of phenols is 1. The molecule has 29 heavy (non-hydrogen) atoms. The molecule has 0 heterocycles. The highest BCUT2D eigenvalue weighted by atomic mass is 16.6. The highest BCUT2D eigenvalue weighted by molar-refractivity contribution is 5.87. The maximum Gasteiger partial charge on any atom is 0.331 e. The predicted molar refractivity (Wildman–Crippen MR) is 116 cm³/mol. The Bertz CT molecular complexity index is 835. The molecule has 0 aliphatic heterocycles. The Kier molecular flexibility index (Phi) is 5.84. The van der Waals surface area contributed by atoms with E-state index < -0.39 is 5.60 Å². The van der Waals surface area contributed by atoms with Crippen LogP contribution in [0.25, 0.3) is 6.08 Å². The summed E-state index contributed by atoms with van der Waals surface area (Å²) >= 11 is 0. The van der Waals surface area contributed by atoms with Crippen molar-refractivity contribution in [2.24, 2.45) is 10.8 Å². The summed E-state index contributed by atoms with van der Waals surface area (Å²) in [5.41, 5.74) is 2.26. The molecule has 1 N–H and O–H groups in total. The number of methoxy groups -OCH3 is 1. The lowest BCUT2D eigenvalue weighted by molar-refractivity contribution is -0.152. The molecule has 0 unspecified atom stereocenters. The van der Waals surface area contributed by atoms with Gasteiger partial charge in [0.15, 0.2) is 11.5 Å².